The van der Waals surface area contributed by atoms with Crippen LogP contribution in [0, 0.1) is 30.6 Å². The van der Waals surface area contributed by atoms with Gasteiger partial charge in [0.15, 0.2) is 0 Å². The molecule has 2 aliphatic rings. The fourth-order valence-electron chi connectivity index (χ4n) is 3.39. The molecular formula is C16H17NO4S. The third-order valence-electron chi connectivity index (χ3n) is 4.55. The fourth-order valence-corrected chi connectivity index (χ4v) is 4.41. The molecule has 4 atom stereocenters. The van der Waals surface area contributed by atoms with Crippen molar-refractivity contribution < 1.29 is 18.0 Å². The van der Waals surface area contributed by atoms with Crippen LogP contribution in [0.1, 0.15) is 12.0 Å². The highest BCUT2D eigenvalue weighted by atomic mass is 32.2. The first-order valence-corrected chi connectivity index (χ1v) is 8.67. The molecule has 2 bridgehead atoms. The van der Waals surface area contributed by atoms with Gasteiger partial charge in [-0.2, -0.15) is 0 Å². The Morgan fingerprint density at radius 1 is 1.18 bits per heavy atom. The van der Waals surface area contributed by atoms with E-state index in [2.05, 4.69) is 4.72 Å². The Labute approximate surface area is 129 Å². The number of aryl methyl sites for hydroxylation is 1. The summed E-state index contributed by atoms with van der Waals surface area (Å²) < 4.78 is 26.7. The zero-order chi connectivity index (χ0) is 15.9. The van der Waals surface area contributed by atoms with Gasteiger partial charge >= 0.3 is 0 Å². The molecule has 1 aromatic rings. The van der Waals surface area contributed by atoms with Gasteiger partial charge in [-0.1, -0.05) is 29.8 Å². The number of allylic oxidation sites excluding steroid dienone is 2. The Balaban J connectivity index is 1.80. The van der Waals surface area contributed by atoms with Gasteiger partial charge in [0.05, 0.1) is 10.8 Å². The molecule has 4 unspecified atom stereocenters. The second-order valence-electron chi connectivity index (χ2n) is 5.97. The first-order valence-electron chi connectivity index (χ1n) is 7.19. The van der Waals surface area contributed by atoms with Gasteiger partial charge in [-0.25, -0.2) is 13.1 Å². The number of fused-ring (bicyclic) bond motifs is 2. The molecule has 0 aliphatic heterocycles. The van der Waals surface area contributed by atoms with Crippen molar-refractivity contribution in [3.05, 3.63) is 42.0 Å². The van der Waals surface area contributed by atoms with Crippen LogP contribution >= 0.6 is 0 Å². The molecule has 5 nitrogen and oxygen atoms in total. The monoisotopic (exact) mass is 319 g/mol. The highest BCUT2D eigenvalue weighted by Gasteiger charge is 2.48. The number of aldehydes is 1. The van der Waals surface area contributed by atoms with E-state index in [4.69, 9.17) is 0 Å². The molecule has 3 rings (SSSR count). The van der Waals surface area contributed by atoms with Crippen LogP contribution in [-0.4, -0.2) is 20.6 Å². The van der Waals surface area contributed by atoms with Gasteiger partial charge in [0, 0.05) is 5.92 Å². The summed E-state index contributed by atoms with van der Waals surface area (Å²) in [7, 11) is -3.90. The number of carbonyl (C=O) groups excluding carboxylic acids is 2. The number of sulfonamides is 1. The quantitative estimate of drug-likeness (QED) is 0.672. The van der Waals surface area contributed by atoms with E-state index in [1.54, 1.807) is 12.1 Å². The van der Waals surface area contributed by atoms with Crippen LogP contribution in [0.4, 0.5) is 0 Å². The summed E-state index contributed by atoms with van der Waals surface area (Å²) in [5, 5.41) is 0. The molecule has 1 amide bonds. The first-order chi connectivity index (χ1) is 10.4. The predicted molar refractivity (Wildman–Crippen MR) is 80.3 cm³/mol. The average Bonchev–Trinajstić information content (AvgIpc) is 3.07. The molecule has 0 aromatic heterocycles. The van der Waals surface area contributed by atoms with E-state index in [0.717, 1.165) is 18.3 Å². The average molecular weight is 319 g/mol. The minimum absolute atomic E-state index is 0.0478. The van der Waals surface area contributed by atoms with Gasteiger partial charge in [-0.3, -0.25) is 4.79 Å². The van der Waals surface area contributed by atoms with E-state index in [9.17, 15) is 18.0 Å². The van der Waals surface area contributed by atoms with E-state index >= 15 is 0 Å². The molecule has 0 radical (unpaired) electrons. The van der Waals surface area contributed by atoms with Crippen LogP contribution in [-0.2, 0) is 19.6 Å². The fraction of sp³-hybridized carbons (Fsp3) is 0.375. The third kappa shape index (κ3) is 2.47. The van der Waals surface area contributed by atoms with Crippen molar-refractivity contribution in [2.75, 3.05) is 0 Å². The first kappa shape index (κ1) is 15.0. The Kier molecular flexibility index (Phi) is 3.64. The van der Waals surface area contributed by atoms with E-state index in [1.165, 1.54) is 12.1 Å². The maximum absolute atomic E-state index is 12.4. The number of hydrogen-bond donors (Lipinski definition) is 1. The summed E-state index contributed by atoms with van der Waals surface area (Å²) >= 11 is 0. The van der Waals surface area contributed by atoms with Crippen molar-refractivity contribution in [2.24, 2.45) is 23.7 Å². The smallest absolute Gasteiger partial charge is 0.264 e. The standard InChI is InChI=1S/C16H17NO4S/c1-10-2-6-13(7-3-10)22(20,21)17-16(19)15-12-5-4-11(8-12)14(15)9-18/h2-7,9,11-12,14-15H,8H2,1H3,(H,17,19). The lowest BCUT2D eigenvalue weighted by Crippen LogP contribution is -2.40. The molecule has 2 aliphatic carbocycles. The van der Waals surface area contributed by atoms with Crippen LogP contribution in [0.3, 0.4) is 0 Å². The van der Waals surface area contributed by atoms with Crippen LogP contribution < -0.4 is 4.72 Å². The second kappa shape index (κ2) is 5.35. The normalized spacial score (nSPS) is 29.5. The molecule has 0 spiro atoms. The molecule has 1 saturated carbocycles. The SMILES string of the molecule is Cc1ccc(S(=O)(=O)NC(=O)C2C3C=CC(C3)C2C=O)cc1. The Bertz CT molecular complexity index is 736. The summed E-state index contributed by atoms with van der Waals surface area (Å²) in [5.74, 6) is -1.60. The zero-order valence-electron chi connectivity index (χ0n) is 12.1. The Hall–Kier alpha value is -1.95. The molecule has 116 valence electrons. The van der Waals surface area contributed by atoms with Gasteiger partial charge in [0.1, 0.15) is 6.29 Å². The molecule has 1 N–H and O–H groups in total. The van der Waals surface area contributed by atoms with Crippen LogP contribution in [0.25, 0.3) is 0 Å². The summed E-state index contributed by atoms with van der Waals surface area (Å²) in [5.41, 5.74) is 0.935. The largest absolute Gasteiger partial charge is 0.303 e. The maximum atomic E-state index is 12.4. The number of amides is 1. The van der Waals surface area contributed by atoms with Crippen molar-refractivity contribution >= 4 is 22.2 Å². The number of nitrogens with one attached hydrogen (secondary N) is 1. The number of benzene rings is 1. The molecule has 0 heterocycles. The Morgan fingerprint density at radius 2 is 1.82 bits per heavy atom. The zero-order valence-corrected chi connectivity index (χ0v) is 12.9. The third-order valence-corrected chi connectivity index (χ3v) is 5.91. The van der Waals surface area contributed by atoms with Crippen LogP contribution in [0.2, 0.25) is 0 Å². The molecule has 1 aromatic carbocycles. The summed E-state index contributed by atoms with van der Waals surface area (Å²) in [6, 6.07) is 6.27. The van der Waals surface area contributed by atoms with Crippen molar-refractivity contribution in [3.8, 4) is 0 Å². The maximum Gasteiger partial charge on any atom is 0.264 e. The van der Waals surface area contributed by atoms with Gasteiger partial charge in [0.2, 0.25) is 5.91 Å². The molecule has 6 heteroatoms. The van der Waals surface area contributed by atoms with Gasteiger partial charge in [-0.15, -0.1) is 0 Å². The van der Waals surface area contributed by atoms with Gasteiger partial charge in [-0.05, 0) is 37.3 Å². The van der Waals surface area contributed by atoms with Crippen molar-refractivity contribution in [1.29, 1.82) is 0 Å². The summed E-state index contributed by atoms with van der Waals surface area (Å²) in [6.45, 7) is 1.85. The topological polar surface area (TPSA) is 80.3 Å². The van der Waals surface area contributed by atoms with Gasteiger partial charge in [0.25, 0.3) is 10.0 Å². The van der Waals surface area contributed by atoms with Crippen molar-refractivity contribution in [3.63, 3.8) is 0 Å². The highest BCUT2D eigenvalue weighted by molar-refractivity contribution is 7.90. The van der Waals surface area contributed by atoms with Crippen LogP contribution in [0.15, 0.2) is 41.3 Å². The van der Waals surface area contributed by atoms with Crippen LogP contribution in [0.5, 0.6) is 0 Å². The minimum Gasteiger partial charge on any atom is -0.303 e. The molecular weight excluding hydrogens is 302 g/mol. The highest BCUT2D eigenvalue weighted by Crippen LogP contribution is 2.47. The lowest BCUT2D eigenvalue weighted by molar-refractivity contribution is -0.128. The van der Waals surface area contributed by atoms with Crippen molar-refractivity contribution in [2.45, 2.75) is 18.2 Å². The molecule has 1 fully saturated rings. The van der Waals surface area contributed by atoms with E-state index < -0.39 is 27.8 Å². The van der Waals surface area contributed by atoms with E-state index in [-0.39, 0.29) is 16.7 Å². The predicted octanol–water partition coefficient (Wildman–Crippen LogP) is 1.44. The lowest BCUT2D eigenvalue weighted by atomic mass is 9.84. The van der Waals surface area contributed by atoms with Crippen molar-refractivity contribution in [1.82, 2.24) is 4.72 Å². The minimum atomic E-state index is -3.90. The van der Waals surface area contributed by atoms with E-state index in [0.29, 0.717) is 0 Å². The van der Waals surface area contributed by atoms with Gasteiger partial charge < -0.3 is 4.79 Å². The Morgan fingerprint density at radius 3 is 2.45 bits per heavy atom. The number of hydrogen-bond acceptors (Lipinski definition) is 4. The lowest BCUT2D eigenvalue weighted by Gasteiger charge is -2.22. The number of rotatable bonds is 4. The second-order valence-corrected chi connectivity index (χ2v) is 7.65. The summed E-state index contributed by atoms with van der Waals surface area (Å²) in [4.78, 5) is 23.6. The molecule has 22 heavy (non-hydrogen) atoms. The molecule has 0 saturated heterocycles. The summed E-state index contributed by atoms with van der Waals surface area (Å²) in [6.07, 6.45) is 5.37. The number of carbonyl (C=O) groups is 2. The van der Waals surface area contributed by atoms with E-state index in [1.807, 2.05) is 19.1 Å².